The van der Waals surface area contributed by atoms with Crippen LogP contribution in [0.2, 0.25) is 0 Å². The van der Waals surface area contributed by atoms with Crippen LogP contribution < -0.4 is 10.1 Å². The van der Waals surface area contributed by atoms with Crippen LogP contribution in [0, 0.1) is 5.92 Å². The minimum atomic E-state index is -0.0774. The number of ether oxygens (including phenoxy) is 1. The molecule has 0 atom stereocenters. The lowest BCUT2D eigenvalue weighted by Crippen LogP contribution is -2.24. The number of hydrogen-bond acceptors (Lipinski definition) is 2. The first-order valence-electron chi connectivity index (χ1n) is 7.65. The SMILES string of the molecule is CCNCC(=Cc1cccc2c1OC(C)(C)C2)C(C)C. The molecule has 2 rings (SSSR count). The van der Waals surface area contributed by atoms with Crippen LogP contribution in [0.25, 0.3) is 6.08 Å². The first-order chi connectivity index (χ1) is 9.43. The van der Waals surface area contributed by atoms with Gasteiger partial charge in [-0.05, 0) is 31.9 Å². The van der Waals surface area contributed by atoms with Gasteiger partial charge >= 0.3 is 0 Å². The molecule has 1 aliphatic rings. The van der Waals surface area contributed by atoms with Crippen molar-refractivity contribution in [2.45, 2.75) is 46.6 Å². The molecule has 0 saturated carbocycles. The normalized spacial score (nSPS) is 17.2. The lowest BCUT2D eigenvalue weighted by molar-refractivity contribution is 0.138. The van der Waals surface area contributed by atoms with Gasteiger partial charge in [-0.2, -0.15) is 0 Å². The molecule has 0 aliphatic carbocycles. The van der Waals surface area contributed by atoms with Crippen molar-refractivity contribution in [1.82, 2.24) is 5.32 Å². The Hall–Kier alpha value is -1.28. The summed E-state index contributed by atoms with van der Waals surface area (Å²) in [5.74, 6) is 1.62. The summed E-state index contributed by atoms with van der Waals surface area (Å²) < 4.78 is 6.15. The highest BCUT2D eigenvalue weighted by Crippen LogP contribution is 2.38. The van der Waals surface area contributed by atoms with Crippen LogP contribution in [0.4, 0.5) is 0 Å². The van der Waals surface area contributed by atoms with Gasteiger partial charge in [0.1, 0.15) is 11.4 Å². The van der Waals surface area contributed by atoms with Crippen molar-refractivity contribution in [1.29, 1.82) is 0 Å². The molecule has 0 saturated heterocycles. The Kier molecular flexibility index (Phi) is 4.54. The van der Waals surface area contributed by atoms with E-state index in [1.54, 1.807) is 0 Å². The highest BCUT2D eigenvalue weighted by molar-refractivity contribution is 5.64. The molecule has 0 unspecified atom stereocenters. The van der Waals surface area contributed by atoms with Gasteiger partial charge in [0.15, 0.2) is 0 Å². The topological polar surface area (TPSA) is 21.3 Å². The molecule has 1 aliphatic heterocycles. The van der Waals surface area contributed by atoms with Crippen molar-refractivity contribution < 1.29 is 4.74 Å². The third-order valence-corrected chi connectivity index (χ3v) is 3.78. The average Bonchev–Trinajstić information content (AvgIpc) is 2.68. The Labute approximate surface area is 123 Å². The number of benzene rings is 1. The zero-order valence-electron chi connectivity index (χ0n) is 13.4. The van der Waals surface area contributed by atoms with Crippen molar-refractivity contribution in [3.8, 4) is 5.75 Å². The molecule has 110 valence electrons. The molecule has 0 amide bonds. The Balaban J connectivity index is 2.32. The predicted octanol–water partition coefficient (Wildman–Crippen LogP) is 4.05. The van der Waals surface area contributed by atoms with Gasteiger partial charge in [0.05, 0.1) is 0 Å². The van der Waals surface area contributed by atoms with Crippen molar-refractivity contribution >= 4 is 6.08 Å². The smallest absolute Gasteiger partial charge is 0.130 e. The van der Waals surface area contributed by atoms with Gasteiger partial charge in [-0.1, -0.05) is 50.6 Å². The summed E-state index contributed by atoms with van der Waals surface area (Å²) in [5, 5.41) is 3.42. The monoisotopic (exact) mass is 273 g/mol. The number of hydrogen-bond donors (Lipinski definition) is 1. The Bertz CT molecular complexity index is 500. The minimum absolute atomic E-state index is 0.0774. The lowest BCUT2D eigenvalue weighted by atomic mass is 9.97. The maximum absolute atomic E-state index is 6.15. The van der Waals surface area contributed by atoms with E-state index in [-0.39, 0.29) is 5.60 Å². The molecule has 2 heteroatoms. The first kappa shape index (κ1) is 15.1. The summed E-state index contributed by atoms with van der Waals surface area (Å²) in [6.45, 7) is 12.9. The molecule has 20 heavy (non-hydrogen) atoms. The van der Waals surface area contributed by atoms with Crippen LogP contribution >= 0.6 is 0 Å². The molecule has 2 nitrogen and oxygen atoms in total. The maximum Gasteiger partial charge on any atom is 0.130 e. The summed E-state index contributed by atoms with van der Waals surface area (Å²) in [6, 6.07) is 6.48. The highest BCUT2D eigenvalue weighted by Gasteiger charge is 2.31. The van der Waals surface area contributed by atoms with Crippen LogP contribution in [0.1, 0.15) is 45.7 Å². The van der Waals surface area contributed by atoms with E-state index in [1.165, 1.54) is 16.7 Å². The summed E-state index contributed by atoms with van der Waals surface area (Å²) >= 11 is 0. The van der Waals surface area contributed by atoms with Crippen LogP contribution in [-0.2, 0) is 6.42 Å². The van der Waals surface area contributed by atoms with Gasteiger partial charge in [0.2, 0.25) is 0 Å². The van der Waals surface area contributed by atoms with Crippen LogP contribution in [0.15, 0.2) is 23.8 Å². The van der Waals surface area contributed by atoms with Gasteiger partial charge in [0, 0.05) is 18.5 Å². The van der Waals surface area contributed by atoms with Crippen molar-refractivity contribution in [2.24, 2.45) is 5.92 Å². The highest BCUT2D eigenvalue weighted by atomic mass is 16.5. The molecule has 0 fully saturated rings. The molecule has 1 aromatic rings. The van der Waals surface area contributed by atoms with Crippen molar-refractivity contribution in [3.63, 3.8) is 0 Å². The van der Waals surface area contributed by atoms with Crippen LogP contribution in [0.3, 0.4) is 0 Å². The van der Waals surface area contributed by atoms with Crippen LogP contribution in [-0.4, -0.2) is 18.7 Å². The summed E-state index contributed by atoms with van der Waals surface area (Å²) in [6.07, 6.45) is 3.29. The molecule has 1 aromatic carbocycles. The van der Waals surface area contributed by atoms with Crippen LogP contribution in [0.5, 0.6) is 5.75 Å². The zero-order chi connectivity index (χ0) is 14.8. The standard InChI is InChI=1S/C18H27NO/c1-6-19-12-16(13(2)3)10-14-8-7-9-15-11-18(4,5)20-17(14)15/h7-10,13,19H,6,11-12H2,1-5H3. The number of likely N-dealkylation sites (N-methyl/N-ethyl adjacent to an activating group) is 1. The predicted molar refractivity (Wildman–Crippen MR) is 86.2 cm³/mol. The quantitative estimate of drug-likeness (QED) is 0.874. The molecule has 1 N–H and O–H groups in total. The third kappa shape index (κ3) is 3.43. The minimum Gasteiger partial charge on any atom is -0.487 e. The second-order valence-corrected chi connectivity index (χ2v) is 6.53. The lowest BCUT2D eigenvalue weighted by Gasteiger charge is -2.18. The zero-order valence-corrected chi connectivity index (χ0v) is 13.4. The summed E-state index contributed by atoms with van der Waals surface area (Å²) in [4.78, 5) is 0. The molecule has 0 bridgehead atoms. The van der Waals surface area contributed by atoms with E-state index in [4.69, 9.17) is 4.74 Å². The van der Waals surface area contributed by atoms with E-state index < -0.39 is 0 Å². The second kappa shape index (κ2) is 6.01. The molecule has 0 radical (unpaired) electrons. The van der Waals surface area contributed by atoms with E-state index in [1.807, 2.05) is 0 Å². The van der Waals surface area contributed by atoms with Gasteiger partial charge < -0.3 is 10.1 Å². The Morgan fingerprint density at radius 2 is 2.15 bits per heavy atom. The van der Waals surface area contributed by atoms with Gasteiger partial charge in [0.25, 0.3) is 0 Å². The number of nitrogens with one attached hydrogen (secondary N) is 1. The fraction of sp³-hybridized carbons (Fsp3) is 0.556. The largest absolute Gasteiger partial charge is 0.487 e. The van der Waals surface area contributed by atoms with Gasteiger partial charge in [-0.15, -0.1) is 0 Å². The fourth-order valence-corrected chi connectivity index (χ4v) is 2.64. The molecule has 0 aromatic heterocycles. The first-order valence-corrected chi connectivity index (χ1v) is 7.65. The number of para-hydroxylation sites is 1. The van der Waals surface area contributed by atoms with E-state index in [2.05, 4.69) is 64.2 Å². The average molecular weight is 273 g/mol. The fourth-order valence-electron chi connectivity index (χ4n) is 2.64. The third-order valence-electron chi connectivity index (χ3n) is 3.78. The van der Waals surface area contributed by atoms with E-state index in [9.17, 15) is 0 Å². The Morgan fingerprint density at radius 3 is 2.80 bits per heavy atom. The van der Waals surface area contributed by atoms with E-state index >= 15 is 0 Å². The number of fused-ring (bicyclic) bond motifs is 1. The summed E-state index contributed by atoms with van der Waals surface area (Å²) in [7, 11) is 0. The van der Waals surface area contributed by atoms with Gasteiger partial charge in [-0.25, -0.2) is 0 Å². The maximum atomic E-state index is 6.15. The number of rotatable bonds is 5. The summed E-state index contributed by atoms with van der Waals surface area (Å²) in [5.41, 5.74) is 3.89. The Morgan fingerprint density at radius 1 is 1.40 bits per heavy atom. The van der Waals surface area contributed by atoms with Gasteiger partial charge in [-0.3, -0.25) is 0 Å². The van der Waals surface area contributed by atoms with Crippen molar-refractivity contribution in [2.75, 3.05) is 13.1 Å². The van der Waals surface area contributed by atoms with Crippen molar-refractivity contribution in [3.05, 3.63) is 34.9 Å². The second-order valence-electron chi connectivity index (χ2n) is 6.53. The molecular formula is C18H27NO. The van der Waals surface area contributed by atoms with E-state index in [0.29, 0.717) is 5.92 Å². The van der Waals surface area contributed by atoms with E-state index in [0.717, 1.165) is 25.3 Å². The molecular weight excluding hydrogens is 246 g/mol. The molecule has 1 heterocycles. The molecule has 0 spiro atoms.